The van der Waals surface area contributed by atoms with E-state index in [-0.39, 0.29) is 11.7 Å². The summed E-state index contributed by atoms with van der Waals surface area (Å²) in [4.78, 5) is 0. The zero-order valence-electron chi connectivity index (χ0n) is 16.8. The number of benzene rings is 2. The van der Waals surface area contributed by atoms with E-state index in [4.69, 9.17) is 21.1 Å². The third kappa shape index (κ3) is 4.63. The van der Waals surface area contributed by atoms with E-state index in [1.54, 1.807) is 12.1 Å². The van der Waals surface area contributed by atoms with E-state index in [1.807, 2.05) is 38.1 Å². The smallest absolute Gasteiger partial charge is 0.222 e. The summed E-state index contributed by atoms with van der Waals surface area (Å²) in [6, 6.07) is 12.1. The lowest BCUT2D eigenvalue weighted by Crippen LogP contribution is -2.63. The molecule has 0 amide bonds. The van der Waals surface area contributed by atoms with Crippen LogP contribution in [0.3, 0.4) is 0 Å². The molecule has 1 fully saturated rings. The van der Waals surface area contributed by atoms with Crippen LogP contribution in [0.2, 0.25) is 5.02 Å². The fourth-order valence-electron chi connectivity index (χ4n) is 3.50. The van der Waals surface area contributed by atoms with Gasteiger partial charge in [-0.05, 0) is 55.7 Å². The van der Waals surface area contributed by atoms with Gasteiger partial charge in [-0.25, -0.2) is 0 Å². The van der Waals surface area contributed by atoms with Crippen molar-refractivity contribution in [3.63, 3.8) is 0 Å². The Hall–Kier alpha value is -1.71. The minimum atomic E-state index is -2.32. The average Bonchev–Trinajstić information content (AvgIpc) is 2.71. The third-order valence-electron chi connectivity index (χ3n) is 5.12. The second-order valence-electron chi connectivity index (χ2n) is 7.75. The van der Waals surface area contributed by atoms with E-state index < -0.39 is 36.8 Å². The molecule has 0 aliphatic carbocycles. The van der Waals surface area contributed by atoms with Gasteiger partial charge in [-0.1, -0.05) is 29.8 Å². The number of hydrogen-bond acceptors (Lipinski definition) is 7. The van der Waals surface area contributed by atoms with Crippen LogP contribution in [0.25, 0.3) is 0 Å². The monoisotopic (exact) mass is 438 g/mol. The van der Waals surface area contributed by atoms with Crippen molar-refractivity contribution in [2.45, 2.75) is 56.6 Å². The van der Waals surface area contributed by atoms with Gasteiger partial charge in [-0.3, -0.25) is 0 Å². The topological polar surface area (TPSA) is 120 Å². The Kier molecular flexibility index (Phi) is 7.04. The first-order chi connectivity index (χ1) is 14.2. The Bertz CT molecular complexity index is 855. The van der Waals surface area contributed by atoms with Crippen molar-refractivity contribution in [1.29, 1.82) is 0 Å². The Morgan fingerprint density at radius 3 is 2.33 bits per heavy atom. The van der Waals surface area contributed by atoms with Gasteiger partial charge in [0.25, 0.3) is 0 Å². The molecule has 0 saturated carbocycles. The molecule has 0 spiro atoms. The van der Waals surface area contributed by atoms with Crippen LogP contribution in [-0.4, -0.2) is 62.7 Å². The van der Waals surface area contributed by atoms with Gasteiger partial charge >= 0.3 is 0 Å². The Balaban J connectivity index is 1.87. The predicted octanol–water partition coefficient (Wildman–Crippen LogP) is 1.34. The highest BCUT2D eigenvalue weighted by molar-refractivity contribution is 6.31. The maximum Gasteiger partial charge on any atom is 0.222 e. The van der Waals surface area contributed by atoms with Crippen LogP contribution in [0.15, 0.2) is 42.5 Å². The van der Waals surface area contributed by atoms with Crippen molar-refractivity contribution in [3.05, 3.63) is 64.2 Å². The van der Waals surface area contributed by atoms with Crippen LogP contribution in [0.1, 0.15) is 30.5 Å². The molecule has 2 aromatic rings. The van der Waals surface area contributed by atoms with Gasteiger partial charge in [0.05, 0.1) is 12.7 Å². The molecule has 8 heteroatoms. The lowest BCUT2D eigenvalue weighted by atomic mass is 9.87. The lowest BCUT2D eigenvalue weighted by molar-refractivity contribution is -0.357. The number of aliphatic hydroxyl groups excluding tert-OH is 4. The highest BCUT2D eigenvalue weighted by Gasteiger charge is 2.53. The molecular weight excluding hydrogens is 412 g/mol. The van der Waals surface area contributed by atoms with Crippen molar-refractivity contribution < 1.29 is 35.0 Å². The minimum absolute atomic E-state index is 0.0706. The van der Waals surface area contributed by atoms with Gasteiger partial charge in [0, 0.05) is 10.6 Å². The van der Waals surface area contributed by atoms with E-state index in [9.17, 15) is 25.5 Å². The molecule has 0 bridgehead atoms. The zero-order valence-corrected chi connectivity index (χ0v) is 17.5. The minimum Gasteiger partial charge on any atom is -0.491 e. The molecule has 2 aromatic carbocycles. The lowest BCUT2D eigenvalue weighted by Gasteiger charge is -2.45. The maximum atomic E-state index is 11.0. The molecule has 164 valence electrons. The number of aliphatic hydroxyl groups is 5. The first kappa shape index (κ1) is 23.0. The summed E-state index contributed by atoms with van der Waals surface area (Å²) in [5, 5.41) is 51.2. The van der Waals surface area contributed by atoms with Crippen LogP contribution >= 0.6 is 11.6 Å². The van der Waals surface area contributed by atoms with E-state index in [1.165, 1.54) is 6.07 Å². The number of rotatable bonds is 6. The molecule has 1 aliphatic heterocycles. The summed E-state index contributed by atoms with van der Waals surface area (Å²) in [7, 11) is 0. The second-order valence-corrected chi connectivity index (χ2v) is 8.16. The molecule has 1 saturated heterocycles. The predicted molar refractivity (Wildman–Crippen MR) is 110 cm³/mol. The fraction of sp³-hybridized carbons (Fsp3) is 0.455. The van der Waals surface area contributed by atoms with Gasteiger partial charge in [0.15, 0.2) is 0 Å². The van der Waals surface area contributed by atoms with Gasteiger partial charge < -0.3 is 35.0 Å². The summed E-state index contributed by atoms with van der Waals surface area (Å²) >= 11 is 6.34. The van der Waals surface area contributed by atoms with E-state index >= 15 is 0 Å². The van der Waals surface area contributed by atoms with Crippen molar-refractivity contribution in [3.8, 4) is 5.75 Å². The van der Waals surface area contributed by atoms with Crippen molar-refractivity contribution in [1.82, 2.24) is 0 Å². The van der Waals surface area contributed by atoms with E-state index in [2.05, 4.69) is 0 Å². The van der Waals surface area contributed by atoms with Crippen LogP contribution < -0.4 is 4.74 Å². The summed E-state index contributed by atoms with van der Waals surface area (Å²) in [6.45, 7) is 3.25. The normalized spacial score (nSPS) is 29.2. The quantitative estimate of drug-likeness (QED) is 0.461. The molecule has 5 atom stereocenters. The summed E-state index contributed by atoms with van der Waals surface area (Å²) < 4.78 is 11.0. The van der Waals surface area contributed by atoms with Gasteiger partial charge in [0.1, 0.15) is 30.2 Å². The van der Waals surface area contributed by atoms with Crippen molar-refractivity contribution in [2.75, 3.05) is 6.61 Å². The first-order valence-electron chi connectivity index (χ1n) is 9.75. The molecule has 0 radical (unpaired) electrons. The summed E-state index contributed by atoms with van der Waals surface area (Å²) in [6.07, 6.45) is -5.81. The van der Waals surface area contributed by atoms with Crippen molar-refractivity contribution in [2.24, 2.45) is 0 Å². The van der Waals surface area contributed by atoms with E-state index in [0.29, 0.717) is 17.0 Å². The number of hydrogen-bond donors (Lipinski definition) is 5. The van der Waals surface area contributed by atoms with Gasteiger partial charge in [-0.2, -0.15) is 0 Å². The van der Waals surface area contributed by atoms with E-state index in [0.717, 1.165) is 11.3 Å². The molecule has 5 N–H and O–H groups in total. The Morgan fingerprint density at radius 2 is 1.73 bits per heavy atom. The largest absolute Gasteiger partial charge is 0.491 e. The molecule has 1 heterocycles. The SMILES string of the molecule is CC(C)Oc1ccc(Cc2cc([C@]3(O)O[C@H](CO)[C@@H](O)[C@H](O)[C@H]3O)ccc2Cl)cc1. The molecule has 7 nitrogen and oxygen atoms in total. The Morgan fingerprint density at radius 1 is 1.07 bits per heavy atom. The fourth-order valence-corrected chi connectivity index (χ4v) is 3.69. The van der Waals surface area contributed by atoms with Crippen LogP contribution in [0.4, 0.5) is 0 Å². The average molecular weight is 439 g/mol. The first-order valence-corrected chi connectivity index (χ1v) is 10.1. The van der Waals surface area contributed by atoms with Crippen LogP contribution in [0, 0.1) is 0 Å². The number of ether oxygens (including phenoxy) is 2. The van der Waals surface area contributed by atoms with Crippen molar-refractivity contribution >= 4 is 11.6 Å². The molecule has 30 heavy (non-hydrogen) atoms. The molecule has 3 rings (SSSR count). The standard InChI is InChI=1S/C22H27ClO7/c1-12(2)29-16-6-3-13(4-7-16)9-14-10-15(5-8-17(14)23)22(28)21(27)20(26)19(25)18(11-24)30-22/h3-8,10,12,18-21,24-28H,9,11H2,1-2H3/t18-,19-,20+,21-,22+/m1/s1. The van der Waals surface area contributed by atoms with Gasteiger partial charge in [0.2, 0.25) is 5.79 Å². The molecule has 0 aromatic heterocycles. The molecule has 0 unspecified atom stereocenters. The Labute approximate surface area is 180 Å². The number of halogens is 1. The molecule has 1 aliphatic rings. The second kappa shape index (κ2) is 9.20. The highest BCUT2D eigenvalue weighted by atomic mass is 35.5. The van der Waals surface area contributed by atoms with Gasteiger partial charge in [-0.15, -0.1) is 0 Å². The van der Waals surface area contributed by atoms with Crippen LogP contribution in [0.5, 0.6) is 5.75 Å². The summed E-state index contributed by atoms with van der Waals surface area (Å²) in [5.41, 5.74) is 1.77. The maximum absolute atomic E-state index is 11.0. The summed E-state index contributed by atoms with van der Waals surface area (Å²) in [5.74, 6) is -1.57. The zero-order chi connectivity index (χ0) is 22.1. The molecular formula is C22H27ClO7. The highest BCUT2D eigenvalue weighted by Crippen LogP contribution is 2.38. The third-order valence-corrected chi connectivity index (χ3v) is 5.48. The van der Waals surface area contributed by atoms with Crippen LogP contribution in [-0.2, 0) is 16.9 Å².